The minimum absolute atomic E-state index is 0.00383. The third kappa shape index (κ3) is 4.85. The fourth-order valence-electron chi connectivity index (χ4n) is 4.21. The molecular weight excluding hydrogens is 426 g/mol. The van der Waals surface area contributed by atoms with Crippen molar-refractivity contribution in [1.82, 2.24) is 21.3 Å². The van der Waals surface area contributed by atoms with Crippen LogP contribution in [0.3, 0.4) is 0 Å². The van der Waals surface area contributed by atoms with E-state index in [2.05, 4.69) is 26.4 Å². The molecule has 34 heavy (non-hydrogen) atoms. The van der Waals surface area contributed by atoms with Crippen LogP contribution < -0.4 is 21.0 Å². The molecular formula is C27H27N5O2. The standard InChI is InChI=1S/C27H27N5O2/c1-18-23(22-12-5-6-13-24(22)29-18)16-28-32-27(33)26-15-25(30-31-26)20-10-7-11-21(14-20)34-17-19-8-3-2-4-9-19/h2-14,16,25-26,29-31H,15,17H2,1H3,(H,32,33)/b28-16+. The highest BCUT2D eigenvalue weighted by Gasteiger charge is 2.30. The lowest BCUT2D eigenvalue weighted by atomic mass is 10.0. The van der Waals surface area contributed by atoms with E-state index in [1.807, 2.05) is 85.8 Å². The van der Waals surface area contributed by atoms with Gasteiger partial charge in [0.15, 0.2) is 0 Å². The lowest BCUT2D eigenvalue weighted by Crippen LogP contribution is -2.41. The first-order chi connectivity index (χ1) is 16.7. The Hall–Kier alpha value is -3.94. The Morgan fingerprint density at radius 2 is 1.88 bits per heavy atom. The Kier molecular flexibility index (Phi) is 6.38. The molecule has 1 saturated heterocycles. The van der Waals surface area contributed by atoms with Gasteiger partial charge in [0, 0.05) is 28.2 Å². The van der Waals surface area contributed by atoms with Crippen molar-refractivity contribution in [2.75, 3.05) is 0 Å². The van der Waals surface area contributed by atoms with Crippen LogP contribution in [-0.4, -0.2) is 23.1 Å². The van der Waals surface area contributed by atoms with Crippen molar-refractivity contribution in [3.05, 3.63) is 101 Å². The Morgan fingerprint density at radius 3 is 2.76 bits per heavy atom. The molecule has 1 fully saturated rings. The highest BCUT2D eigenvalue weighted by molar-refractivity contribution is 6.00. The summed E-state index contributed by atoms with van der Waals surface area (Å²) < 4.78 is 5.95. The third-order valence-corrected chi connectivity index (χ3v) is 6.04. The summed E-state index contributed by atoms with van der Waals surface area (Å²) in [5.74, 6) is 0.620. The number of hydrogen-bond donors (Lipinski definition) is 4. The molecule has 0 saturated carbocycles. The van der Waals surface area contributed by atoms with Crippen molar-refractivity contribution in [3.8, 4) is 5.75 Å². The second-order valence-corrected chi connectivity index (χ2v) is 8.42. The first-order valence-electron chi connectivity index (χ1n) is 11.4. The number of fused-ring (bicyclic) bond motifs is 1. The number of hydrazone groups is 1. The van der Waals surface area contributed by atoms with Crippen LogP contribution in [0.1, 0.15) is 34.8 Å². The predicted octanol–water partition coefficient (Wildman–Crippen LogP) is 4.11. The van der Waals surface area contributed by atoms with Gasteiger partial charge in [-0.15, -0.1) is 0 Å². The minimum atomic E-state index is -0.389. The van der Waals surface area contributed by atoms with Gasteiger partial charge in [-0.1, -0.05) is 60.7 Å². The van der Waals surface area contributed by atoms with E-state index in [1.54, 1.807) is 6.21 Å². The molecule has 2 unspecified atom stereocenters. The van der Waals surface area contributed by atoms with Crippen LogP contribution >= 0.6 is 0 Å². The molecule has 3 aromatic carbocycles. The number of H-pyrrole nitrogens is 1. The molecule has 5 rings (SSSR count). The number of hydrazine groups is 1. The average Bonchev–Trinajstić information content (AvgIpc) is 3.49. The third-order valence-electron chi connectivity index (χ3n) is 6.04. The van der Waals surface area contributed by atoms with Crippen LogP contribution in [0.4, 0.5) is 0 Å². The van der Waals surface area contributed by atoms with Gasteiger partial charge < -0.3 is 9.72 Å². The largest absolute Gasteiger partial charge is 0.489 e. The number of hydrogen-bond acceptors (Lipinski definition) is 5. The Bertz CT molecular complexity index is 1320. The van der Waals surface area contributed by atoms with Crippen molar-refractivity contribution in [1.29, 1.82) is 0 Å². The number of carbonyl (C=O) groups excluding carboxylic acids is 1. The molecule has 1 aliphatic heterocycles. The number of rotatable bonds is 7. The van der Waals surface area contributed by atoms with Gasteiger partial charge in [0.1, 0.15) is 18.4 Å². The number of aromatic amines is 1. The number of ether oxygens (including phenoxy) is 1. The van der Waals surface area contributed by atoms with E-state index in [0.29, 0.717) is 13.0 Å². The second kappa shape index (κ2) is 9.91. The fourth-order valence-corrected chi connectivity index (χ4v) is 4.21. The molecule has 1 aliphatic rings. The molecule has 1 amide bonds. The van der Waals surface area contributed by atoms with E-state index in [-0.39, 0.29) is 18.0 Å². The van der Waals surface area contributed by atoms with Gasteiger partial charge in [0.05, 0.1) is 6.21 Å². The Morgan fingerprint density at radius 1 is 1.06 bits per heavy atom. The van der Waals surface area contributed by atoms with E-state index < -0.39 is 0 Å². The number of aryl methyl sites for hydroxylation is 1. The van der Waals surface area contributed by atoms with Crippen molar-refractivity contribution < 1.29 is 9.53 Å². The highest BCUT2D eigenvalue weighted by atomic mass is 16.5. The van der Waals surface area contributed by atoms with Crippen LogP contribution in [0.2, 0.25) is 0 Å². The molecule has 2 atom stereocenters. The number of nitrogens with one attached hydrogen (secondary N) is 4. The summed E-state index contributed by atoms with van der Waals surface area (Å²) >= 11 is 0. The van der Waals surface area contributed by atoms with Crippen molar-refractivity contribution in [2.45, 2.75) is 32.0 Å². The van der Waals surface area contributed by atoms with Crippen LogP contribution in [-0.2, 0) is 11.4 Å². The van der Waals surface area contributed by atoms with Gasteiger partial charge in [-0.3, -0.25) is 4.79 Å². The topological polar surface area (TPSA) is 90.5 Å². The molecule has 2 heterocycles. The zero-order valence-corrected chi connectivity index (χ0v) is 18.9. The lowest BCUT2D eigenvalue weighted by Gasteiger charge is -2.12. The fraction of sp³-hybridized carbons (Fsp3) is 0.185. The van der Waals surface area contributed by atoms with E-state index in [1.165, 1.54) is 0 Å². The summed E-state index contributed by atoms with van der Waals surface area (Å²) in [6.07, 6.45) is 2.30. The maximum absolute atomic E-state index is 12.7. The van der Waals surface area contributed by atoms with Crippen LogP contribution in [0.15, 0.2) is 84.0 Å². The molecule has 4 aromatic rings. The van der Waals surface area contributed by atoms with Crippen LogP contribution in [0.5, 0.6) is 5.75 Å². The lowest BCUT2D eigenvalue weighted by molar-refractivity contribution is -0.122. The SMILES string of the molecule is Cc1[nH]c2ccccc2c1/C=N/NC(=O)C1CC(c2cccc(OCc3ccccc3)c2)NN1. The van der Waals surface area contributed by atoms with Crippen molar-refractivity contribution in [2.24, 2.45) is 5.10 Å². The summed E-state index contributed by atoms with van der Waals surface area (Å²) in [6.45, 7) is 2.51. The molecule has 7 nitrogen and oxygen atoms in total. The number of amides is 1. The molecule has 4 N–H and O–H groups in total. The van der Waals surface area contributed by atoms with Gasteiger partial charge in [-0.05, 0) is 42.7 Å². The first-order valence-corrected chi connectivity index (χ1v) is 11.4. The van der Waals surface area contributed by atoms with E-state index >= 15 is 0 Å². The molecule has 0 spiro atoms. The summed E-state index contributed by atoms with van der Waals surface area (Å²) in [5, 5.41) is 5.28. The number of benzene rings is 3. The Labute approximate surface area is 198 Å². The first kappa shape index (κ1) is 21.9. The van der Waals surface area contributed by atoms with E-state index in [0.717, 1.165) is 39.0 Å². The molecule has 0 aliphatic carbocycles. The summed E-state index contributed by atoms with van der Waals surface area (Å²) in [5.41, 5.74) is 14.2. The van der Waals surface area contributed by atoms with Crippen LogP contribution in [0.25, 0.3) is 10.9 Å². The Balaban J connectivity index is 1.17. The average molecular weight is 454 g/mol. The van der Waals surface area contributed by atoms with Gasteiger partial charge in [-0.25, -0.2) is 16.3 Å². The zero-order valence-electron chi connectivity index (χ0n) is 18.9. The van der Waals surface area contributed by atoms with Gasteiger partial charge in [0.25, 0.3) is 5.91 Å². The number of nitrogens with zero attached hydrogens (tertiary/aromatic N) is 1. The number of carbonyl (C=O) groups is 1. The maximum Gasteiger partial charge on any atom is 0.258 e. The summed E-state index contributed by atoms with van der Waals surface area (Å²) in [7, 11) is 0. The molecule has 0 bridgehead atoms. The molecule has 7 heteroatoms. The normalized spacial score (nSPS) is 17.9. The van der Waals surface area contributed by atoms with Gasteiger partial charge >= 0.3 is 0 Å². The highest BCUT2D eigenvalue weighted by Crippen LogP contribution is 2.26. The quantitative estimate of drug-likeness (QED) is 0.250. The second-order valence-electron chi connectivity index (χ2n) is 8.42. The van der Waals surface area contributed by atoms with Crippen LogP contribution in [0, 0.1) is 6.92 Å². The van der Waals surface area contributed by atoms with E-state index in [9.17, 15) is 4.79 Å². The summed E-state index contributed by atoms with van der Waals surface area (Å²) in [6, 6.07) is 25.7. The smallest absolute Gasteiger partial charge is 0.258 e. The maximum atomic E-state index is 12.7. The minimum Gasteiger partial charge on any atom is -0.489 e. The number of para-hydroxylation sites is 1. The monoisotopic (exact) mass is 453 g/mol. The van der Waals surface area contributed by atoms with Gasteiger partial charge in [0.2, 0.25) is 0 Å². The van der Waals surface area contributed by atoms with Crippen molar-refractivity contribution in [3.63, 3.8) is 0 Å². The number of aromatic nitrogens is 1. The molecule has 1 aromatic heterocycles. The van der Waals surface area contributed by atoms with Gasteiger partial charge in [-0.2, -0.15) is 5.10 Å². The summed E-state index contributed by atoms with van der Waals surface area (Å²) in [4.78, 5) is 16.0. The molecule has 0 radical (unpaired) electrons. The zero-order chi connectivity index (χ0) is 23.3. The van der Waals surface area contributed by atoms with Crippen molar-refractivity contribution >= 4 is 23.0 Å². The predicted molar refractivity (Wildman–Crippen MR) is 133 cm³/mol. The molecule has 172 valence electrons. The van der Waals surface area contributed by atoms with E-state index in [4.69, 9.17) is 4.74 Å².